The van der Waals surface area contributed by atoms with E-state index in [0.717, 1.165) is 36.8 Å². The highest BCUT2D eigenvalue weighted by molar-refractivity contribution is 7.60. The van der Waals surface area contributed by atoms with Crippen molar-refractivity contribution in [2.75, 3.05) is 41.3 Å². The molecule has 6 N–H and O–H groups in total. The lowest BCUT2D eigenvalue weighted by Crippen LogP contribution is -2.42. The molecule has 0 bridgehead atoms. The molecular weight excluding hydrogens is 904 g/mol. The Kier molecular flexibility index (Phi) is 37.6. The standard InChI is InChI=1S/C21H26N2O2.C11H18N2O.C10H10O2.2ClH.6H2S/c1-23(2)17(12-15-8-10-18(24)11-9-15)14-22-21(25)20-13-19(20)16-6-4-3-5-7-16;1-13(2)10(8-12)7-9-3-5-11(14)6-4-9;11-10(12)9-6-8(9)7-4-2-1-3-5-7;;;;;;;;/h3-11,17,19-20,24H,12-14H2,1-2H3,(H,22,25);3-6,10,14H,7-8,12H2,1-2H3;1-5,8-9H,6H2,(H,11,12);2*1H;6*1H2/t17-,19+,20-;10-;8-,9+;;;;;;;;/m001......../s1. The molecule has 0 aliphatic heterocycles. The molecule has 2 fully saturated rings. The van der Waals surface area contributed by atoms with Crippen LogP contribution in [-0.4, -0.2) is 90.4 Å². The molecule has 6 atom stereocenters. The fourth-order valence-electron chi connectivity index (χ4n) is 6.16. The number of likely N-dealkylation sites (N-methyl/N-ethyl adjacent to an activating group) is 2. The van der Waals surface area contributed by atoms with Gasteiger partial charge in [0.25, 0.3) is 0 Å². The maximum atomic E-state index is 12.5. The van der Waals surface area contributed by atoms with Crippen molar-refractivity contribution in [3.63, 3.8) is 0 Å². The Hall–Kier alpha value is -2.02. The number of nitrogens with one attached hydrogen (secondary N) is 1. The van der Waals surface area contributed by atoms with Gasteiger partial charge in [-0.25, -0.2) is 0 Å². The molecule has 4 aromatic carbocycles. The Morgan fingerprint density at radius 3 is 1.31 bits per heavy atom. The summed E-state index contributed by atoms with van der Waals surface area (Å²) in [6, 6.07) is 35.2. The smallest absolute Gasteiger partial charge is 0.307 e. The molecule has 336 valence electrons. The normalized spacial score (nSPS) is 17.1. The lowest BCUT2D eigenvalue weighted by molar-refractivity contribution is -0.138. The van der Waals surface area contributed by atoms with Gasteiger partial charge in [-0.05, 0) is 112 Å². The monoisotopic (exact) mass is 970 g/mol. The number of phenols is 2. The number of carboxylic acid groups (broad SMARTS) is 1. The molecule has 1 amide bonds. The van der Waals surface area contributed by atoms with Crippen molar-refractivity contribution in [3.8, 4) is 11.5 Å². The number of rotatable bonds is 13. The summed E-state index contributed by atoms with van der Waals surface area (Å²) in [6.07, 6.45) is 3.50. The number of phenolic OH excluding ortho intramolecular Hbond substituents is 2. The van der Waals surface area contributed by atoms with E-state index in [4.69, 9.17) is 15.9 Å². The Morgan fingerprint density at radius 1 is 0.610 bits per heavy atom. The molecule has 17 heteroatoms. The lowest BCUT2D eigenvalue weighted by Gasteiger charge is -2.25. The first-order valence-electron chi connectivity index (χ1n) is 17.7. The van der Waals surface area contributed by atoms with Crippen LogP contribution < -0.4 is 11.1 Å². The first-order chi connectivity index (χ1) is 24.5. The average Bonchev–Trinajstić information content (AvgIpc) is 4.06. The minimum absolute atomic E-state index is 0. The van der Waals surface area contributed by atoms with Gasteiger partial charge in [0.2, 0.25) is 5.91 Å². The number of hydrogen-bond donors (Lipinski definition) is 5. The van der Waals surface area contributed by atoms with Gasteiger partial charge in [0.05, 0.1) is 5.92 Å². The van der Waals surface area contributed by atoms with Crippen molar-refractivity contribution >= 4 is 118 Å². The second kappa shape index (κ2) is 33.6. The molecule has 0 saturated heterocycles. The zero-order valence-corrected chi connectivity index (χ0v) is 41.7. The van der Waals surface area contributed by atoms with E-state index in [1.165, 1.54) is 11.1 Å². The summed E-state index contributed by atoms with van der Waals surface area (Å²) in [6.45, 7) is 1.28. The van der Waals surface area contributed by atoms with Gasteiger partial charge in [0, 0.05) is 31.1 Å². The summed E-state index contributed by atoms with van der Waals surface area (Å²) in [4.78, 5) is 27.2. The van der Waals surface area contributed by atoms with Gasteiger partial charge in [0.15, 0.2) is 0 Å². The van der Waals surface area contributed by atoms with Crippen molar-refractivity contribution < 1.29 is 24.9 Å². The Balaban J connectivity index is -0.000000249. The Morgan fingerprint density at radius 2 is 0.966 bits per heavy atom. The van der Waals surface area contributed by atoms with Crippen molar-refractivity contribution in [3.05, 3.63) is 131 Å². The number of aromatic hydroxyl groups is 2. The van der Waals surface area contributed by atoms with Gasteiger partial charge in [-0.1, -0.05) is 84.9 Å². The lowest BCUT2D eigenvalue weighted by atomic mass is 10.0. The topological polar surface area (TPSA) is 139 Å². The Labute approximate surface area is 406 Å². The largest absolute Gasteiger partial charge is 0.508 e. The summed E-state index contributed by atoms with van der Waals surface area (Å²) in [7, 11) is 8.11. The van der Waals surface area contributed by atoms with E-state index in [2.05, 4.69) is 27.2 Å². The van der Waals surface area contributed by atoms with Crippen molar-refractivity contribution in [2.45, 2.75) is 49.6 Å². The third kappa shape index (κ3) is 22.6. The quantitative estimate of drug-likeness (QED) is 0.0967. The first kappa shape index (κ1) is 66.1. The third-order valence-electron chi connectivity index (χ3n) is 9.75. The molecule has 0 unspecified atom stereocenters. The highest BCUT2D eigenvalue weighted by Crippen LogP contribution is 2.48. The van der Waals surface area contributed by atoms with Gasteiger partial charge < -0.3 is 36.2 Å². The highest BCUT2D eigenvalue weighted by atomic mass is 35.5. The van der Waals surface area contributed by atoms with Crippen LogP contribution in [0.2, 0.25) is 0 Å². The van der Waals surface area contributed by atoms with Crippen molar-refractivity contribution in [2.24, 2.45) is 17.6 Å². The van der Waals surface area contributed by atoms with Crippen LogP contribution in [0.1, 0.15) is 46.9 Å². The number of hydrogen-bond acceptors (Lipinski definition) is 7. The summed E-state index contributed by atoms with van der Waals surface area (Å²) in [5.74, 6) is 0.698. The van der Waals surface area contributed by atoms with Crippen LogP contribution in [0.3, 0.4) is 0 Å². The highest BCUT2D eigenvalue weighted by Gasteiger charge is 2.44. The summed E-state index contributed by atoms with van der Waals surface area (Å²) < 4.78 is 0. The molecule has 59 heavy (non-hydrogen) atoms. The van der Waals surface area contributed by atoms with Crippen LogP contribution >= 0.6 is 106 Å². The SMILES string of the molecule is CN(C)[C@H](CN)Cc1ccc(O)cc1.CN(C)[C@H](CNC(=O)[C@H]1C[C@@H]1c1ccccc1)Cc1ccc(O)cc1.Cl.Cl.O=C(O)[C@H]1C[C@@H]1c1ccccc1.S.S.S.S.S.S. The number of amides is 1. The van der Waals surface area contributed by atoms with Crippen molar-refractivity contribution in [1.82, 2.24) is 15.1 Å². The molecule has 0 spiro atoms. The summed E-state index contributed by atoms with van der Waals surface area (Å²) in [5, 5.41) is 30.3. The minimum Gasteiger partial charge on any atom is -0.508 e. The van der Waals surface area contributed by atoms with Crippen LogP contribution in [-0.2, 0) is 22.4 Å². The number of nitrogens with zero attached hydrogens (tertiary/aromatic N) is 2. The van der Waals surface area contributed by atoms with Crippen LogP contribution in [0.5, 0.6) is 11.5 Å². The van der Waals surface area contributed by atoms with Gasteiger partial charge >= 0.3 is 5.97 Å². The first-order valence-corrected chi connectivity index (χ1v) is 17.7. The molecule has 9 nitrogen and oxygen atoms in total. The zero-order valence-electron chi connectivity index (χ0n) is 34.0. The van der Waals surface area contributed by atoms with Gasteiger partial charge in [0.1, 0.15) is 11.5 Å². The number of nitrogens with two attached hydrogens (primary N) is 1. The number of halogens is 2. The van der Waals surface area contributed by atoms with E-state index in [-0.39, 0.29) is 141 Å². The van der Waals surface area contributed by atoms with Crippen molar-refractivity contribution in [1.29, 1.82) is 0 Å². The van der Waals surface area contributed by atoms with Gasteiger partial charge in [-0.3, -0.25) is 9.59 Å². The second-order valence-corrected chi connectivity index (χ2v) is 14.0. The molecule has 2 saturated carbocycles. The minimum atomic E-state index is -0.663. The van der Waals surface area contributed by atoms with E-state index >= 15 is 0 Å². The summed E-state index contributed by atoms with van der Waals surface area (Å²) >= 11 is 0. The second-order valence-electron chi connectivity index (χ2n) is 14.0. The van der Waals surface area contributed by atoms with Crippen LogP contribution in [0.15, 0.2) is 109 Å². The molecular formula is C42H68Cl2N4O5S6. The summed E-state index contributed by atoms with van der Waals surface area (Å²) in [5.41, 5.74) is 10.4. The number of carbonyl (C=O) groups is 2. The molecule has 4 aromatic rings. The van der Waals surface area contributed by atoms with E-state index in [0.29, 0.717) is 30.8 Å². The number of benzene rings is 4. The van der Waals surface area contributed by atoms with Crippen LogP contribution in [0.25, 0.3) is 0 Å². The fraction of sp³-hybridized carbons (Fsp3) is 0.381. The fourth-order valence-corrected chi connectivity index (χ4v) is 6.16. The zero-order chi connectivity index (χ0) is 36.9. The number of aliphatic carboxylic acids is 1. The Bertz CT molecular complexity index is 1670. The molecule has 0 aromatic heterocycles. The third-order valence-corrected chi connectivity index (χ3v) is 9.75. The van der Waals surface area contributed by atoms with Crippen LogP contribution in [0, 0.1) is 11.8 Å². The van der Waals surface area contributed by atoms with E-state index in [9.17, 15) is 14.7 Å². The van der Waals surface area contributed by atoms with E-state index in [1.54, 1.807) is 24.3 Å². The van der Waals surface area contributed by atoms with Gasteiger partial charge in [-0.15, -0.1) is 24.8 Å². The molecule has 0 radical (unpaired) electrons. The molecule has 0 heterocycles. The number of carboxylic acids is 1. The number of carbonyl (C=O) groups excluding carboxylic acids is 1. The molecule has 2 aliphatic carbocycles. The predicted octanol–water partition coefficient (Wildman–Crippen LogP) is 7.00. The average molecular weight is 972 g/mol. The maximum absolute atomic E-state index is 12.5. The molecule has 2 aliphatic rings. The predicted molar refractivity (Wildman–Crippen MR) is 280 cm³/mol. The maximum Gasteiger partial charge on any atom is 0.307 e. The van der Waals surface area contributed by atoms with Gasteiger partial charge in [-0.2, -0.15) is 81.0 Å². The van der Waals surface area contributed by atoms with E-state index in [1.807, 2.05) is 101 Å². The van der Waals surface area contributed by atoms with Crippen LogP contribution in [0.4, 0.5) is 0 Å². The van der Waals surface area contributed by atoms with E-state index < -0.39 is 5.97 Å². The molecule has 6 rings (SSSR count).